The second-order valence-corrected chi connectivity index (χ2v) is 5.06. The zero-order valence-electron chi connectivity index (χ0n) is 12.0. The number of likely N-dealkylation sites (tertiary alicyclic amines) is 1. The van der Waals surface area contributed by atoms with E-state index in [0.717, 1.165) is 0 Å². The number of rotatable bonds is 3. The lowest BCUT2D eigenvalue weighted by Gasteiger charge is -2.14. The molecule has 0 saturated carbocycles. The van der Waals surface area contributed by atoms with Crippen LogP contribution in [0.3, 0.4) is 0 Å². The molecule has 1 aliphatic heterocycles. The van der Waals surface area contributed by atoms with Gasteiger partial charge < -0.3 is 19.3 Å². The Morgan fingerprint density at radius 1 is 1.42 bits per heavy atom. The molecule has 1 atom stereocenters. The van der Waals surface area contributed by atoms with Crippen LogP contribution in [0.25, 0.3) is 11.5 Å². The van der Waals surface area contributed by atoms with E-state index in [1.165, 1.54) is 23.2 Å². The highest BCUT2D eigenvalue weighted by molar-refractivity contribution is 5.65. The maximum atomic E-state index is 12.4. The molecule has 3 heterocycles. The highest BCUT2D eigenvalue weighted by atomic mass is 19.4. The minimum atomic E-state index is -4.72. The Morgan fingerprint density at radius 3 is 2.75 bits per heavy atom. The second-order valence-electron chi connectivity index (χ2n) is 5.06. The van der Waals surface area contributed by atoms with Crippen LogP contribution in [0.2, 0.25) is 0 Å². The van der Waals surface area contributed by atoms with Crippen molar-refractivity contribution in [2.75, 3.05) is 13.1 Å². The molecule has 1 amide bonds. The molecule has 1 N–H and O–H groups in total. The second kappa shape index (κ2) is 5.98. The quantitative estimate of drug-likeness (QED) is 0.911. The summed E-state index contributed by atoms with van der Waals surface area (Å²) in [5.41, 5.74) is 0.0974. The van der Waals surface area contributed by atoms with Crippen LogP contribution in [-0.4, -0.2) is 50.4 Å². The van der Waals surface area contributed by atoms with Gasteiger partial charge in [0.25, 0.3) is 0 Å². The van der Waals surface area contributed by atoms with E-state index in [1.54, 1.807) is 0 Å². The number of ether oxygens (including phenoxy) is 1. The molecule has 3 rings (SSSR count). The van der Waals surface area contributed by atoms with E-state index in [4.69, 9.17) is 9.84 Å². The molecule has 24 heavy (non-hydrogen) atoms. The van der Waals surface area contributed by atoms with Gasteiger partial charge in [-0.3, -0.25) is 0 Å². The molecule has 0 aromatic carbocycles. The van der Waals surface area contributed by atoms with Crippen LogP contribution in [0.4, 0.5) is 18.0 Å². The van der Waals surface area contributed by atoms with Gasteiger partial charge in [0.15, 0.2) is 0 Å². The van der Waals surface area contributed by atoms with Crippen molar-refractivity contribution in [1.82, 2.24) is 20.0 Å². The van der Waals surface area contributed by atoms with E-state index >= 15 is 0 Å². The lowest BCUT2D eigenvalue weighted by atomic mass is 10.3. The van der Waals surface area contributed by atoms with Crippen molar-refractivity contribution in [3.8, 4) is 17.3 Å². The summed E-state index contributed by atoms with van der Waals surface area (Å²) in [6, 6.07) is 2.89. The number of nitrogens with zero attached hydrogens (tertiary/aromatic N) is 4. The fourth-order valence-corrected chi connectivity index (χ4v) is 2.22. The Balaban J connectivity index is 1.66. The Kier molecular flexibility index (Phi) is 3.99. The largest absolute Gasteiger partial charge is 0.487 e. The lowest BCUT2D eigenvalue weighted by Crippen LogP contribution is -2.29. The Hall–Kier alpha value is -2.85. The number of halogens is 3. The van der Waals surface area contributed by atoms with Gasteiger partial charge in [0.2, 0.25) is 5.82 Å². The van der Waals surface area contributed by atoms with Crippen molar-refractivity contribution in [3.05, 3.63) is 24.2 Å². The van der Waals surface area contributed by atoms with Gasteiger partial charge in [-0.2, -0.15) is 18.2 Å². The van der Waals surface area contributed by atoms with Gasteiger partial charge in [-0.25, -0.2) is 9.78 Å². The minimum Gasteiger partial charge on any atom is -0.487 e. The third-order valence-corrected chi connectivity index (χ3v) is 3.35. The fourth-order valence-electron chi connectivity index (χ4n) is 2.22. The van der Waals surface area contributed by atoms with Crippen molar-refractivity contribution in [3.63, 3.8) is 0 Å². The average Bonchev–Trinajstić information content (AvgIpc) is 3.16. The average molecular weight is 344 g/mol. The first-order valence-corrected chi connectivity index (χ1v) is 6.85. The summed E-state index contributed by atoms with van der Waals surface area (Å²) in [5, 5.41) is 12.1. The van der Waals surface area contributed by atoms with Crippen LogP contribution in [0.15, 0.2) is 22.9 Å². The van der Waals surface area contributed by atoms with Crippen LogP contribution < -0.4 is 4.74 Å². The van der Waals surface area contributed by atoms with Crippen molar-refractivity contribution < 1.29 is 32.3 Å². The predicted octanol–water partition coefficient (Wildman–Crippen LogP) is 2.28. The molecule has 0 spiro atoms. The van der Waals surface area contributed by atoms with Crippen LogP contribution in [0, 0.1) is 0 Å². The summed E-state index contributed by atoms with van der Waals surface area (Å²) >= 11 is 0. The Labute approximate surface area is 132 Å². The van der Waals surface area contributed by atoms with Crippen molar-refractivity contribution >= 4 is 6.09 Å². The number of pyridine rings is 1. The highest BCUT2D eigenvalue weighted by Crippen LogP contribution is 2.29. The monoisotopic (exact) mass is 344 g/mol. The number of carbonyl (C=O) groups is 1. The van der Waals surface area contributed by atoms with E-state index in [2.05, 4.69) is 19.6 Å². The van der Waals surface area contributed by atoms with E-state index < -0.39 is 18.2 Å². The van der Waals surface area contributed by atoms with Crippen molar-refractivity contribution in [2.24, 2.45) is 0 Å². The molecule has 11 heteroatoms. The van der Waals surface area contributed by atoms with E-state index in [1.807, 2.05) is 0 Å². The number of hydrogen-bond acceptors (Lipinski definition) is 6. The van der Waals surface area contributed by atoms with Gasteiger partial charge in [0.1, 0.15) is 17.5 Å². The summed E-state index contributed by atoms with van der Waals surface area (Å²) in [7, 11) is 0. The van der Waals surface area contributed by atoms with Gasteiger partial charge in [-0.1, -0.05) is 5.16 Å². The standard InChI is InChI=1S/C13H11F3N4O4/c14-13(15,16)11-18-10(19-24-11)9-2-1-7(5-17-9)23-8-3-4-20(6-8)12(21)22/h1-2,5,8H,3-4,6H2,(H,21,22)/t8-/m0/s1. The van der Waals surface area contributed by atoms with E-state index in [0.29, 0.717) is 18.7 Å². The Bertz CT molecular complexity index is 732. The molecule has 0 aliphatic carbocycles. The zero-order chi connectivity index (χ0) is 17.3. The fraction of sp³-hybridized carbons (Fsp3) is 0.385. The molecule has 1 fully saturated rings. The van der Waals surface area contributed by atoms with Gasteiger partial charge in [0.05, 0.1) is 12.7 Å². The van der Waals surface area contributed by atoms with Crippen LogP contribution in [0.1, 0.15) is 12.3 Å². The summed E-state index contributed by atoms with van der Waals surface area (Å²) in [6.07, 6.45) is -4.16. The maximum absolute atomic E-state index is 12.4. The number of carboxylic acid groups (broad SMARTS) is 1. The van der Waals surface area contributed by atoms with Crippen LogP contribution >= 0.6 is 0 Å². The van der Waals surface area contributed by atoms with E-state index in [-0.39, 0.29) is 24.2 Å². The molecular weight excluding hydrogens is 333 g/mol. The van der Waals surface area contributed by atoms with Gasteiger partial charge >= 0.3 is 18.2 Å². The van der Waals surface area contributed by atoms with Gasteiger partial charge in [0, 0.05) is 13.0 Å². The molecular formula is C13H11F3N4O4. The van der Waals surface area contributed by atoms with E-state index in [9.17, 15) is 18.0 Å². The highest BCUT2D eigenvalue weighted by Gasteiger charge is 2.38. The zero-order valence-corrected chi connectivity index (χ0v) is 12.0. The number of amides is 1. The van der Waals surface area contributed by atoms with Crippen molar-refractivity contribution in [1.29, 1.82) is 0 Å². The van der Waals surface area contributed by atoms with Gasteiger partial charge in [-0.05, 0) is 12.1 Å². The molecule has 0 bridgehead atoms. The SMILES string of the molecule is O=C(O)N1CC[C@H](Oc2ccc(-c3noc(C(F)(F)F)n3)nc2)C1. The minimum absolute atomic E-state index is 0.0974. The first-order chi connectivity index (χ1) is 11.3. The Morgan fingerprint density at radius 2 is 2.21 bits per heavy atom. The molecule has 1 aliphatic rings. The maximum Gasteiger partial charge on any atom is 0.471 e. The molecule has 0 unspecified atom stereocenters. The summed E-state index contributed by atoms with van der Waals surface area (Å²) in [6.45, 7) is 0.630. The summed E-state index contributed by atoms with van der Waals surface area (Å²) in [4.78, 5) is 19.2. The lowest BCUT2D eigenvalue weighted by molar-refractivity contribution is -0.159. The molecule has 2 aromatic heterocycles. The molecule has 1 saturated heterocycles. The third kappa shape index (κ3) is 3.39. The first-order valence-electron chi connectivity index (χ1n) is 6.85. The molecule has 0 radical (unpaired) electrons. The summed E-state index contributed by atoms with van der Waals surface area (Å²) in [5.74, 6) is -1.36. The summed E-state index contributed by atoms with van der Waals surface area (Å²) < 4.78 is 47.0. The topological polar surface area (TPSA) is 102 Å². The predicted molar refractivity (Wildman–Crippen MR) is 71.2 cm³/mol. The molecule has 128 valence electrons. The molecule has 8 nitrogen and oxygen atoms in total. The normalized spacial score (nSPS) is 18.0. The smallest absolute Gasteiger partial charge is 0.471 e. The number of hydrogen-bond donors (Lipinski definition) is 1. The number of aromatic nitrogens is 3. The first kappa shape index (κ1) is 16.0. The van der Waals surface area contributed by atoms with Gasteiger partial charge in [-0.15, -0.1) is 0 Å². The number of alkyl halides is 3. The molecule has 2 aromatic rings. The third-order valence-electron chi connectivity index (χ3n) is 3.35. The van der Waals surface area contributed by atoms with Crippen molar-refractivity contribution in [2.45, 2.75) is 18.7 Å². The van der Waals surface area contributed by atoms with Crippen LogP contribution in [-0.2, 0) is 6.18 Å². The van der Waals surface area contributed by atoms with Crippen LogP contribution in [0.5, 0.6) is 5.75 Å².